The van der Waals surface area contributed by atoms with Gasteiger partial charge >= 0.3 is 6.09 Å². The van der Waals surface area contributed by atoms with Gasteiger partial charge in [-0.15, -0.1) is 24.0 Å². The molecular weight excluding hydrogens is 433 g/mol. The maximum atomic E-state index is 11.5. The molecule has 1 aliphatic heterocycles. The molecule has 1 heterocycles. The van der Waals surface area contributed by atoms with Crippen LogP contribution in [0.1, 0.15) is 40.0 Å². The van der Waals surface area contributed by atoms with Gasteiger partial charge in [-0.25, -0.2) is 4.79 Å². The lowest BCUT2D eigenvalue weighted by molar-refractivity contribution is 0.0529. The Kier molecular flexibility index (Phi) is 12.2. The lowest BCUT2D eigenvalue weighted by Gasteiger charge is -2.29. The zero-order valence-electron chi connectivity index (χ0n) is 16.4. The number of nitrogens with one attached hydrogen (secondary N) is 3. The van der Waals surface area contributed by atoms with Gasteiger partial charge in [0.2, 0.25) is 0 Å². The quantitative estimate of drug-likeness (QED) is 0.240. The Bertz CT molecular complexity index is 404. The van der Waals surface area contributed by atoms with E-state index in [1.165, 1.54) is 32.4 Å². The second-order valence-electron chi connectivity index (χ2n) is 7.39. The molecule has 0 bridgehead atoms. The molecule has 0 saturated carbocycles. The number of aliphatic imine (C=N–C) groups is 1. The Morgan fingerprint density at radius 3 is 2.24 bits per heavy atom. The van der Waals surface area contributed by atoms with E-state index in [0.29, 0.717) is 13.1 Å². The predicted octanol–water partition coefficient (Wildman–Crippen LogP) is 2.03. The van der Waals surface area contributed by atoms with Crippen LogP contribution < -0.4 is 16.0 Å². The number of likely N-dealkylation sites (tertiary alicyclic amines) is 1. The average Bonchev–Trinajstić information content (AvgIpc) is 2.49. The molecule has 1 amide bonds. The Morgan fingerprint density at radius 2 is 1.68 bits per heavy atom. The van der Waals surface area contributed by atoms with E-state index >= 15 is 0 Å². The summed E-state index contributed by atoms with van der Waals surface area (Å²) < 4.78 is 5.18. The number of carbonyl (C=O) groups excluding carboxylic acids is 1. The number of ether oxygens (including phenoxy) is 1. The minimum atomic E-state index is -0.469. The van der Waals surface area contributed by atoms with Gasteiger partial charge in [0.1, 0.15) is 5.60 Å². The van der Waals surface area contributed by atoms with E-state index < -0.39 is 11.7 Å². The van der Waals surface area contributed by atoms with Gasteiger partial charge in [-0.3, -0.25) is 4.99 Å². The molecule has 1 fully saturated rings. The Labute approximate surface area is 169 Å². The summed E-state index contributed by atoms with van der Waals surface area (Å²) in [6, 6.07) is 0. The molecule has 1 rings (SSSR count). The summed E-state index contributed by atoms with van der Waals surface area (Å²) in [5, 5.41) is 9.25. The van der Waals surface area contributed by atoms with Crippen LogP contribution in [0.4, 0.5) is 4.79 Å². The fraction of sp³-hybridized carbons (Fsp3) is 0.882. The topological polar surface area (TPSA) is 78.0 Å². The predicted molar refractivity (Wildman–Crippen MR) is 114 cm³/mol. The summed E-state index contributed by atoms with van der Waals surface area (Å²) in [7, 11) is 3.94. The van der Waals surface area contributed by atoms with Gasteiger partial charge < -0.3 is 25.6 Å². The van der Waals surface area contributed by atoms with Crippen molar-refractivity contribution in [2.24, 2.45) is 10.9 Å². The van der Waals surface area contributed by atoms with Crippen molar-refractivity contribution < 1.29 is 9.53 Å². The van der Waals surface area contributed by atoms with Crippen molar-refractivity contribution in [2.75, 3.05) is 46.8 Å². The highest BCUT2D eigenvalue weighted by Crippen LogP contribution is 2.18. The molecule has 148 valence electrons. The van der Waals surface area contributed by atoms with Crippen molar-refractivity contribution in [3.63, 3.8) is 0 Å². The molecule has 3 N–H and O–H groups in total. The highest BCUT2D eigenvalue weighted by atomic mass is 127. The highest BCUT2D eigenvalue weighted by molar-refractivity contribution is 14.0. The normalized spacial score (nSPS) is 16.8. The molecule has 8 heteroatoms. The number of carbonyl (C=O) groups is 1. The number of amides is 1. The largest absolute Gasteiger partial charge is 0.444 e. The standard InChI is InChI=1S/C17H35N5O2.HI/c1-17(2,3)24-16(23)21-11-10-20-15(18-4)19-9-6-14-7-12-22(5)13-8-14;/h14H,6-13H2,1-5H3,(H,21,23)(H2,18,19,20);1H. The molecular formula is C17H36IN5O2. The van der Waals surface area contributed by atoms with Crippen molar-refractivity contribution in [3.05, 3.63) is 0 Å². The monoisotopic (exact) mass is 469 g/mol. The molecule has 0 aromatic rings. The molecule has 0 spiro atoms. The molecule has 0 radical (unpaired) electrons. The summed E-state index contributed by atoms with van der Waals surface area (Å²) in [4.78, 5) is 18.1. The van der Waals surface area contributed by atoms with Crippen LogP contribution in [0, 0.1) is 5.92 Å². The van der Waals surface area contributed by atoms with Gasteiger partial charge in [-0.2, -0.15) is 0 Å². The highest BCUT2D eigenvalue weighted by Gasteiger charge is 2.16. The first-order valence-corrected chi connectivity index (χ1v) is 8.90. The van der Waals surface area contributed by atoms with Gasteiger partial charge in [0.15, 0.2) is 5.96 Å². The molecule has 1 saturated heterocycles. The van der Waals surface area contributed by atoms with Crippen LogP contribution in [0.15, 0.2) is 4.99 Å². The number of alkyl carbamates (subject to hydrolysis) is 1. The maximum Gasteiger partial charge on any atom is 0.407 e. The molecule has 0 aromatic heterocycles. The van der Waals surface area contributed by atoms with Crippen LogP contribution in [-0.4, -0.2) is 69.4 Å². The summed E-state index contributed by atoms with van der Waals surface area (Å²) >= 11 is 0. The SMILES string of the molecule is CN=C(NCCNC(=O)OC(C)(C)C)NCCC1CCN(C)CC1.I. The molecule has 0 aromatic carbocycles. The molecule has 25 heavy (non-hydrogen) atoms. The average molecular weight is 469 g/mol. The van der Waals surface area contributed by atoms with Gasteiger partial charge in [-0.1, -0.05) is 0 Å². The third-order valence-corrected chi connectivity index (χ3v) is 3.99. The summed E-state index contributed by atoms with van der Waals surface area (Å²) in [5.41, 5.74) is -0.469. The number of halogens is 1. The van der Waals surface area contributed by atoms with Crippen LogP contribution in [0.5, 0.6) is 0 Å². The van der Waals surface area contributed by atoms with Crippen LogP contribution in [0.25, 0.3) is 0 Å². The molecule has 0 aliphatic carbocycles. The van der Waals surface area contributed by atoms with Crippen molar-refractivity contribution >= 4 is 36.0 Å². The fourth-order valence-electron chi connectivity index (χ4n) is 2.63. The van der Waals surface area contributed by atoms with E-state index in [0.717, 1.165) is 18.4 Å². The zero-order chi connectivity index (χ0) is 18.0. The maximum absolute atomic E-state index is 11.5. The number of guanidine groups is 1. The minimum Gasteiger partial charge on any atom is -0.444 e. The Balaban J connectivity index is 0.00000576. The van der Waals surface area contributed by atoms with E-state index in [2.05, 4.69) is 32.9 Å². The first-order chi connectivity index (χ1) is 11.3. The van der Waals surface area contributed by atoms with Crippen molar-refractivity contribution in [1.29, 1.82) is 0 Å². The molecule has 0 unspecified atom stereocenters. The first-order valence-electron chi connectivity index (χ1n) is 8.90. The van der Waals surface area contributed by atoms with Crippen LogP contribution in [-0.2, 0) is 4.74 Å². The van der Waals surface area contributed by atoms with E-state index in [9.17, 15) is 4.79 Å². The van der Waals surface area contributed by atoms with E-state index in [-0.39, 0.29) is 24.0 Å². The van der Waals surface area contributed by atoms with Gasteiger partial charge in [-0.05, 0) is 66.1 Å². The first kappa shape index (κ1) is 24.2. The van der Waals surface area contributed by atoms with Crippen molar-refractivity contribution in [2.45, 2.75) is 45.6 Å². The van der Waals surface area contributed by atoms with E-state index in [1.807, 2.05) is 20.8 Å². The van der Waals surface area contributed by atoms with Gasteiger partial charge in [0, 0.05) is 26.7 Å². The van der Waals surface area contributed by atoms with Crippen molar-refractivity contribution in [3.8, 4) is 0 Å². The van der Waals surface area contributed by atoms with Crippen molar-refractivity contribution in [1.82, 2.24) is 20.9 Å². The van der Waals surface area contributed by atoms with E-state index in [1.54, 1.807) is 7.05 Å². The number of piperidine rings is 1. The minimum absolute atomic E-state index is 0. The number of rotatable bonds is 6. The van der Waals surface area contributed by atoms with Crippen LogP contribution in [0.2, 0.25) is 0 Å². The third-order valence-electron chi connectivity index (χ3n) is 3.99. The summed E-state index contributed by atoms with van der Waals surface area (Å²) in [6.45, 7) is 9.97. The van der Waals surface area contributed by atoms with E-state index in [4.69, 9.17) is 4.74 Å². The second-order valence-corrected chi connectivity index (χ2v) is 7.39. The Morgan fingerprint density at radius 1 is 1.12 bits per heavy atom. The number of hydrogen-bond acceptors (Lipinski definition) is 4. The fourth-order valence-corrected chi connectivity index (χ4v) is 2.63. The van der Waals surface area contributed by atoms with Crippen LogP contribution in [0.3, 0.4) is 0 Å². The lowest BCUT2D eigenvalue weighted by Crippen LogP contribution is -2.43. The molecule has 1 aliphatic rings. The second kappa shape index (κ2) is 12.6. The van der Waals surface area contributed by atoms with Gasteiger partial charge in [0.05, 0.1) is 0 Å². The van der Waals surface area contributed by atoms with Crippen LogP contribution >= 0.6 is 24.0 Å². The zero-order valence-corrected chi connectivity index (χ0v) is 18.7. The summed E-state index contributed by atoms with van der Waals surface area (Å²) in [6.07, 6.45) is 3.34. The lowest BCUT2D eigenvalue weighted by atomic mass is 9.94. The Hall–Kier alpha value is -0.770. The number of hydrogen-bond donors (Lipinski definition) is 3. The van der Waals surface area contributed by atoms with Gasteiger partial charge in [0.25, 0.3) is 0 Å². The number of nitrogens with zero attached hydrogens (tertiary/aromatic N) is 2. The molecule has 7 nitrogen and oxygen atoms in total. The smallest absolute Gasteiger partial charge is 0.407 e. The molecule has 0 atom stereocenters. The summed E-state index contributed by atoms with van der Waals surface area (Å²) in [5.74, 6) is 1.58. The third kappa shape index (κ3) is 12.3.